The minimum atomic E-state index is -0.821. The van der Waals surface area contributed by atoms with Gasteiger partial charge < -0.3 is 16.0 Å². The van der Waals surface area contributed by atoms with Gasteiger partial charge in [0.25, 0.3) is 5.91 Å². The van der Waals surface area contributed by atoms with Crippen molar-refractivity contribution in [2.24, 2.45) is 0 Å². The third kappa shape index (κ3) is 3.78. The largest absolute Gasteiger partial charge is 0.341 e. The summed E-state index contributed by atoms with van der Waals surface area (Å²) in [6.45, 7) is 0. The molecule has 3 N–H and O–H groups in total. The van der Waals surface area contributed by atoms with E-state index in [9.17, 15) is 18.4 Å². The molecule has 0 radical (unpaired) electrons. The number of benzene rings is 2. The van der Waals surface area contributed by atoms with E-state index >= 15 is 0 Å². The molecule has 2 aromatic rings. The van der Waals surface area contributed by atoms with Crippen LogP contribution in [0.2, 0.25) is 0 Å². The van der Waals surface area contributed by atoms with Gasteiger partial charge >= 0.3 is 6.03 Å². The summed E-state index contributed by atoms with van der Waals surface area (Å²) < 4.78 is 26.6. The van der Waals surface area contributed by atoms with Crippen LogP contribution in [0.4, 0.5) is 25.0 Å². The molecule has 7 heteroatoms. The quantitative estimate of drug-likeness (QED) is 0.816. The predicted molar refractivity (Wildman–Crippen MR) is 78.8 cm³/mol. The van der Waals surface area contributed by atoms with E-state index < -0.39 is 29.1 Å². The second-order valence-electron chi connectivity index (χ2n) is 4.36. The molecule has 0 aliphatic rings. The molecule has 0 spiro atoms. The van der Waals surface area contributed by atoms with Crippen molar-refractivity contribution in [3.63, 3.8) is 0 Å². The van der Waals surface area contributed by atoms with Gasteiger partial charge in [-0.25, -0.2) is 13.6 Å². The minimum absolute atomic E-state index is 0.336. The van der Waals surface area contributed by atoms with Gasteiger partial charge in [0.1, 0.15) is 11.6 Å². The second kappa shape index (κ2) is 6.66. The molecule has 0 saturated heterocycles. The van der Waals surface area contributed by atoms with Crippen molar-refractivity contribution >= 4 is 23.3 Å². The Morgan fingerprint density at radius 1 is 0.955 bits per heavy atom. The summed E-state index contributed by atoms with van der Waals surface area (Å²) in [5.74, 6) is -2.31. The Hall–Kier alpha value is -2.96. The number of amides is 3. The molecule has 0 saturated carbocycles. The predicted octanol–water partition coefficient (Wildman–Crippen LogP) is 2.97. The van der Waals surface area contributed by atoms with E-state index in [0.717, 1.165) is 18.2 Å². The van der Waals surface area contributed by atoms with E-state index in [1.807, 2.05) is 0 Å². The zero-order valence-corrected chi connectivity index (χ0v) is 11.6. The van der Waals surface area contributed by atoms with Crippen LogP contribution in [-0.4, -0.2) is 19.0 Å². The van der Waals surface area contributed by atoms with E-state index in [0.29, 0.717) is 11.4 Å². The van der Waals surface area contributed by atoms with Gasteiger partial charge in [-0.2, -0.15) is 0 Å². The Morgan fingerprint density at radius 3 is 2.32 bits per heavy atom. The van der Waals surface area contributed by atoms with E-state index in [2.05, 4.69) is 16.0 Å². The summed E-state index contributed by atoms with van der Waals surface area (Å²) in [5, 5.41) is 7.36. The van der Waals surface area contributed by atoms with Gasteiger partial charge in [-0.15, -0.1) is 0 Å². The molecule has 0 unspecified atom stereocenters. The topological polar surface area (TPSA) is 70.2 Å². The van der Waals surface area contributed by atoms with E-state index in [1.165, 1.54) is 13.1 Å². The normalized spacial score (nSPS) is 9.95. The Morgan fingerprint density at radius 2 is 1.64 bits per heavy atom. The van der Waals surface area contributed by atoms with Crippen molar-refractivity contribution in [2.75, 3.05) is 17.7 Å². The average molecular weight is 305 g/mol. The highest BCUT2D eigenvalue weighted by Gasteiger charge is 2.13. The lowest BCUT2D eigenvalue weighted by Gasteiger charge is -2.09. The SMILES string of the molecule is CNC(=O)Nc1cccc(NC(=O)c2cc(F)ccc2F)c1. The number of hydrogen-bond acceptors (Lipinski definition) is 2. The maximum absolute atomic E-state index is 13.5. The van der Waals surface area contributed by atoms with Crippen LogP contribution >= 0.6 is 0 Å². The van der Waals surface area contributed by atoms with E-state index in [-0.39, 0.29) is 0 Å². The van der Waals surface area contributed by atoms with Crippen molar-refractivity contribution in [3.05, 3.63) is 59.7 Å². The molecule has 22 heavy (non-hydrogen) atoms. The van der Waals surface area contributed by atoms with Crippen molar-refractivity contribution in [2.45, 2.75) is 0 Å². The molecule has 2 rings (SSSR count). The second-order valence-corrected chi connectivity index (χ2v) is 4.36. The highest BCUT2D eigenvalue weighted by molar-refractivity contribution is 6.04. The summed E-state index contributed by atoms with van der Waals surface area (Å²) >= 11 is 0. The third-order valence-electron chi connectivity index (χ3n) is 2.78. The standard InChI is InChI=1S/C15H13F2N3O2/c1-18-15(22)20-11-4-2-3-10(8-11)19-14(21)12-7-9(16)5-6-13(12)17/h2-8H,1H3,(H,19,21)(H2,18,20,22). The molecular weight excluding hydrogens is 292 g/mol. The van der Waals surface area contributed by atoms with Crippen molar-refractivity contribution in [1.82, 2.24) is 5.32 Å². The first-order valence-electron chi connectivity index (χ1n) is 6.35. The van der Waals surface area contributed by atoms with Crippen molar-refractivity contribution in [1.29, 1.82) is 0 Å². The van der Waals surface area contributed by atoms with Crippen LogP contribution in [0.1, 0.15) is 10.4 Å². The van der Waals surface area contributed by atoms with Crippen LogP contribution in [0.3, 0.4) is 0 Å². The number of rotatable bonds is 3. The maximum Gasteiger partial charge on any atom is 0.318 e. The van der Waals surface area contributed by atoms with Gasteiger partial charge in [0.05, 0.1) is 5.56 Å². The number of anilines is 2. The fraction of sp³-hybridized carbons (Fsp3) is 0.0667. The molecule has 5 nitrogen and oxygen atoms in total. The lowest BCUT2D eigenvalue weighted by atomic mass is 10.2. The molecule has 2 aromatic carbocycles. The first-order chi connectivity index (χ1) is 10.5. The zero-order chi connectivity index (χ0) is 16.1. The number of carbonyl (C=O) groups is 2. The van der Waals surface area contributed by atoms with Gasteiger partial charge in [-0.3, -0.25) is 4.79 Å². The fourth-order valence-corrected chi connectivity index (χ4v) is 1.74. The molecule has 0 fully saturated rings. The molecule has 0 aliphatic carbocycles. The first kappa shape index (κ1) is 15.4. The summed E-state index contributed by atoms with van der Waals surface area (Å²) in [7, 11) is 1.47. The average Bonchev–Trinajstić information content (AvgIpc) is 2.49. The molecule has 0 heterocycles. The number of urea groups is 1. The Balaban J connectivity index is 2.16. The summed E-state index contributed by atoms with van der Waals surface area (Å²) in [5.41, 5.74) is 0.379. The molecule has 0 bridgehead atoms. The Kier molecular flexibility index (Phi) is 4.67. The molecule has 0 aromatic heterocycles. The smallest absolute Gasteiger partial charge is 0.318 e. The fourth-order valence-electron chi connectivity index (χ4n) is 1.74. The highest BCUT2D eigenvalue weighted by Crippen LogP contribution is 2.17. The molecule has 3 amide bonds. The number of halogens is 2. The third-order valence-corrected chi connectivity index (χ3v) is 2.78. The van der Waals surface area contributed by atoms with Crippen molar-refractivity contribution < 1.29 is 18.4 Å². The van der Waals surface area contributed by atoms with Crippen LogP contribution in [0.15, 0.2) is 42.5 Å². The van der Waals surface area contributed by atoms with Gasteiger partial charge in [0.15, 0.2) is 0 Å². The minimum Gasteiger partial charge on any atom is -0.341 e. The highest BCUT2D eigenvalue weighted by atomic mass is 19.1. The van der Waals surface area contributed by atoms with Gasteiger partial charge in [-0.1, -0.05) is 6.07 Å². The zero-order valence-electron chi connectivity index (χ0n) is 11.6. The number of hydrogen-bond donors (Lipinski definition) is 3. The van der Waals surface area contributed by atoms with Crippen molar-refractivity contribution in [3.8, 4) is 0 Å². The van der Waals surface area contributed by atoms with Crippen LogP contribution in [-0.2, 0) is 0 Å². The number of nitrogens with one attached hydrogen (secondary N) is 3. The summed E-state index contributed by atoms with van der Waals surface area (Å²) in [4.78, 5) is 23.2. The van der Waals surface area contributed by atoms with Gasteiger partial charge in [-0.05, 0) is 36.4 Å². The molecule has 0 atom stereocenters. The van der Waals surface area contributed by atoms with Crippen LogP contribution in [0.25, 0.3) is 0 Å². The lowest BCUT2D eigenvalue weighted by Crippen LogP contribution is -2.24. The molecule has 0 aliphatic heterocycles. The summed E-state index contributed by atoms with van der Waals surface area (Å²) in [6, 6.07) is 8.48. The van der Waals surface area contributed by atoms with Crippen LogP contribution < -0.4 is 16.0 Å². The number of carbonyl (C=O) groups excluding carboxylic acids is 2. The Bertz CT molecular complexity index is 720. The van der Waals surface area contributed by atoms with E-state index in [4.69, 9.17) is 0 Å². The molecular formula is C15H13F2N3O2. The summed E-state index contributed by atoms with van der Waals surface area (Å²) in [6.07, 6.45) is 0. The lowest BCUT2D eigenvalue weighted by molar-refractivity contribution is 0.102. The monoisotopic (exact) mass is 305 g/mol. The van der Waals surface area contributed by atoms with Crippen LogP contribution in [0.5, 0.6) is 0 Å². The van der Waals surface area contributed by atoms with Gasteiger partial charge in [0.2, 0.25) is 0 Å². The molecule has 114 valence electrons. The van der Waals surface area contributed by atoms with E-state index in [1.54, 1.807) is 18.2 Å². The Labute approximate surface area is 125 Å². The first-order valence-corrected chi connectivity index (χ1v) is 6.35. The maximum atomic E-state index is 13.5. The van der Waals surface area contributed by atoms with Crippen LogP contribution in [0, 0.1) is 11.6 Å². The van der Waals surface area contributed by atoms with Gasteiger partial charge in [0, 0.05) is 18.4 Å².